The van der Waals surface area contributed by atoms with Crippen LogP contribution in [0.4, 0.5) is 0 Å². The maximum Gasteiger partial charge on any atom is 0.160 e. The molecule has 3 heteroatoms. The Balaban J connectivity index is 1.03. The summed E-state index contributed by atoms with van der Waals surface area (Å²) in [7, 11) is -2.10. The predicted octanol–water partition coefficient (Wildman–Crippen LogP) is 12.9. The first-order valence-corrected chi connectivity index (χ1v) is 22.6. The lowest BCUT2D eigenvalue weighted by molar-refractivity contribution is 1.20. The van der Waals surface area contributed by atoms with E-state index >= 15 is 0 Å². The van der Waals surface area contributed by atoms with E-state index in [2.05, 4.69) is 219 Å². The summed E-state index contributed by atoms with van der Waals surface area (Å²) in [4.78, 5) is 10.9. The van der Waals surface area contributed by atoms with Gasteiger partial charge in [0, 0.05) is 11.1 Å². The zero-order chi connectivity index (χ0) is 38.3. The summed E-state index contributed by atoms with van der Waals surface area (Å²) in [6.07, 6.45) is 0. The van der Waals surface area contributed by atoms with Crippen molar-refractivity contribution in [3.8, 4) is 89.5 Å². The summed E-state index contributed by atoms with van der Waals surface area (Å²) in [6, 6.07) is 74.1. The molecule has 1 aromatic heterocycles. The Kier molecular flexibility index (Phi) is 8.66. The van der Waals surface area contributed by atoms with E-state index in [9.17, 15) is 0 Å². The van der Waals surface area contributed by atoms with Crippen molar-refractivity contribution in [3.63, 3.8) is 0 Å². The molecular weight excluding hydrogens is 705 g/mol. The topological polar surface area (TPSA) is 25.8 Å². The van der Waals surface area contributed by atoms with Gasteiger partial charge in [-0.25, -0.2) is 9.97 Å². The molecule has 10 rings (SSSR count). The van der Waals surface area contributed by atoms with Crippen molar-refractivity contribution in [2.75, 3.05) is 0 Å². The lowest BCUT2D eigenvalue weighted by atomic mass is 9.95. The third-order valence-corrected chi connectivity index (χ3v) is 15.0. The summed E-state index contributed by atoms with van der Waals surface area (Å²) in [6.45, 7) is 4.88. The van der Waals surface area contributed by atoms with Crippen molar-refractivity contribution >= 4 is 18.4 Å². The summed E-state index contributed by atoms with van der Waals surface area (Å²) >= 11 is 0. The molecule has 0 aliphatic carbocycles. The number of aromatic nitrogens is 2. The minimum atomic E-state index is -2.10. The van der Waals surface area contributed by atoms with E-state index in [1.54, 1.807) is 0 Å². The van der Waals surface area contributed by atoms with E-state index in [1.165, 1.54) is 60.4 Å². The lowest BCUT2D eigenvalue weighted by Crippen LogP contribution is -2.50. The first-order valence-electron chi connectivity index (χ1n) is 19.6. The van der Waals surface area contributed by atoms with E-state index in [4.69, 9.17) is 9.97 Å². The summed E-state index contributed by atoms with van der Waals surface area (Å²) in [5.41, 5.74) is 17.4. The van der Waals surface area contributed by atoms with Gasteiger partial charge in [-0.05, 0) is 89.8 Å². The molecule has 2 nitrogen and oxygen atoms in total. The molecule has 1 aliphatic rings. The van der Waals surface area contributed by atoms with Gasteiger partial charge in [-0.3, -0.25) is 0 Å². The zero-order valence-electron chi connectivity index (χ0n) is 32.0. The second-order valence-corrected chi connectivity index (χ2v) is 19.7. The van der Waals surface area contributed by atoms with Gasteiger partial charge >= 0.3 is 0 Å². The molecule has 0 saturated carbocycles. The number of nitrogens with zero attached hydrogens (tertiary/aromatic N) is 2. The van der Waals surface area contributed by atoms with Gasteiger partial charge in [0.1, 0.15) is 8.07 Å². The van der Waals surface area contributed by atoms with Gasteiger partial charge in [0.15, 0.2) is 5.82 Å². The van der Waals surface area contributed by atoms with E-state index in [0.29, 0.717) is 0 Å². The highest BCUT2D eigenvalue weighted by Crippen LogP contribution is 2.36. The Labute approximate surface area is 335 Å². The molecule has 9 aromatic rings. The van der Waals surface area contributed by atoms with E-state index < -0.39 is 8.07 Å². The van der Waals surface area contributed by atoms with Crippen LogP contribution in [0.25, 0.3) is 89.5 Å². The van der Waals surface area contributed by atoms with Gasteiger partial charge in [0.05, 0.1) is 11.4 Å². The first kappa shape index (κ1) is 34.5. The smallest absolute Gasteiger partial charge is 0.160 e. The van der Waals surface area contributed by atoms with E-state index in [-0.39, 0.29) is 0 Å². The Bertz CT molecular complexity index is 2900. The standard InChI is InChI=1S/C54H40N2Si/c1-57(2)50-25-10-9-24-49(50)52-53(57)51(42-32-30-41(31-33-42)40-28-26-39(27-29-40)37-14-5-3-6-15-37)55-54(56-52)48-23-13-22-47(36-48)46-21-12-20-45(35-46)44-19-11-18-43(34-44)38-16-7-4-8-17-38/h3-36H,1-2H3. The van der Waals surface area contributed by atoms with E-state index in [1.807, 2.05) is 0 Å². The lowest BCUT2D eigenvalue weighted by Gasteiger charge is -2.22. The normalized spacial score (nSPS) is 12.5. The van der Waals surface area contributed by atoms with Crippen molar-refractivity contribution in [1.29, 1.82) is 0 Å². The van der Waals surface area contributed by atoms with Crippen molar-refractivity contribution in [2.45, 2.75) is 13.1 Å². The fraction of sp³-hybridized carbons (Fsp3) is 0.0370. The number of hydrogen-bond acceptors (Lipinski definition) is 2. The molecule has 1 aliphatic heterocycles. The largest absolute Gasteiger partial charge is 0.228 e. The molecule has 57 heavy (non-hydrogen) atoms. The Morgan fingerprint density at radius 3 is 1.18 bits per heavy atom. The van der Waals surface area contributed by atoms with Crippen LogP contribution in [-0.4, -0.2) is 18.0 Å². The van der Waals surface area contributed by atoms with Crippen molar-refractivity contribution in [1.82, 2.24) is 9.97 Å². The quantitative estimate of drug-likeness (QED) is 0.152. The van der Waals surface area contributed by atoms with Crippen LogP contribution in [0, 0.1) is 0 Å². The van der Waals surface area contributed by atoms with Crippen LogP contribution in [-0.2, 0) is 0 Å². The molecule has 0 atom stereocenters. The molecule has 0 radical (unpaired) electrons. The predicted molar refractivity (Wildman–Crippen MR) is 242 cm³/mol. The monoisotopic (exact) mass is 744 g/mol. The first-order chi connectivity index (χ1) is 28.0. The minimum Gasteiger partial charge on any atom is -0.228 e. The number of rotatable bonds is 7. The number of benzene rings is 8. The molecular formula is C54H40N2Si. The van der Waals surface area contributed by atoms with Crippen LogP contribution in [0.2, 0.25) is 13.1 Å². The fourth-order valence-corrected chi connectivity index (χ4v) is 11.7. The maximum absolute atomic E-state index is 5.47. The molecule has 0 saturated heterocycles. The van der Waals surface area contributed by atoms with Crippen LogP contribution in [0.5, 0.6) is 0 Å². The van der Waals surface area contributed by atoms with Crippen LogP contribution in [0.3, 0.4) is 0 Å². The Morgan fingerprint density at radius 1 is 0.298 bits per heavy atom. The molecule has 0 spiro atoms. The molecule has 8 aromatic carbocycles. The van der Waals surface area contributed by atoms with Gasteiger partial charge in [0.25, 0.3) is 0 Å². The molecule has 0 amide bonds. The highest BCUT2D eigenvalue weighted by molar-refractivity contribution is 7.04. The van der Waals surface area contributed by atoms with Gasteiger partial charge in [0.2, 0.25) is 0 Å². The molecule has 0 bridgehead atoms. The number of hydrogen-bond donors (Lipinski definition) is 0. The summed E-state index contributed by atoms with van der Waals surface area (Å²) < 4.78 is 0. The highest BCUT2D eigenvalue weighted by atomic mass is 28.3. The fourth-order valence-electron chi connectivity index (χ4n) is 8.49. The van der Waals surface area contributed by atoms with Crippen molar-refractivity contribution < 1.29 is 0 Å². The second kappa shape index (κ2) is 14.3. The van der Waals surface area contributed by atoms with Crippen LogP contribution >= 0.6 is 0 Å². The van der Waals surface area contributed by atoms with E-state index in [0.717, 1.165) is 39.5 Å². The third-order valence-electron chi connectivity index (χ3n) is 11.5. The minimum absolute atomic E-state index is 0.749. The highest BCUT2D eigenvalue weighted by Gasteiger charge is 2.41. The van der Waals surface area contributed by atoms with Gasteiger partial charge in [-0.15, -0.1) is 0 Å². The molecule has 0 fully saturated rings. The average molecular weight is 745 g/mol. The second-order valence-electron chi connectivity index (χ2n) is 15.4. The van der Waals surface area contributed by atoms with Gasteiger partial charge in [-0.2, -0.15) is 0 Å². The Hall–Kier alpha value is -6.94. The summed E-state index contributed by atoms with van der Waals surface area (Å²) in [5, 5.41) is 2.73. The SMILES string of the molecule is C[Si]1(C)c2ccccc2-c2nc(-c3cccc(-c4cccc(-c5cccc(-c6ccccc6)c5)c4)c3)nc(-c3ccc(-c4ccc(-c5ccccc5)cc4)cc3)c21. The van der Waals surface area contributed by atoms with Gasteiger partial charge < -0.3 is 0 Å². The van der Waals surface area contributed by atoms with Crippen LogP contribution < -0.4 is 10.4 Å². The molecule has 270 valence electrons. The Morgan fingerprint density at radius 2 is 0.649 bits per heavy atom. The van der Waals surface area contributed by atoms with Crippen molar-refractivity contribution in [3.05, 3.63) is 206 Å². The molecule has 0 unspecified atom stereocenters. The summed E-state index contributed by atoms with van der Waals surface area (Å²) in [5.74, 6) is 0.749. The van der Waals surface area contributed by atoms with Gasteiger partial charge in [-0.1, -0.05) is 201 Å². The third kappa shape index (κ3) is 6.42. The maximum atomic E-state index is 5.47. The van der Waals surface area contributed by atoms with Crippen molar-refractivity contribution in [2.24, 2.45) is 0 Å². The number of fused-ring (bicyclic) bond motifs is 3. The zero-order valence-corrected chi connectivity index (χ0v) is 33.0. The van der Waals surface area contributed by atoms with Crippen LogP contribution in [0.1, 0.15) is 0 Å². The van der Waals surface area contributed by atoms with Crippen LogP contribution in [0.15, 0.2) is 206 Å². The average Bonchev–Trinajstić information content (AvgIpc) is 3.52. The molecule has 2 heterocycles. The molecule has 0 N–H and O–H groups in total.